The lowest BCUT2D eigenvalue weighted by atomic mass is 10.1. The highest BCUT2D eigenvalue weighted by Gasteiger charge is 2.17. The van der Waals surface area contributed by atoms with E-state index in [4.69, 9.17) is 5.73 Å². The second kappa shape index (κ2) is 10.5. The maximum atomic E-state index is 11.8. The van der Waals surface area contributed by atoms with E-state index in [0.717, 1.165) is 24.5 Å². The molecular weight excluding hydrogens is 353 g/mol. The van der Waals surface area contributed by atoms with Crippen molar-refractivity contribution < 1.29 is 9.59 Å². The number of imidazole rings is 1. The van der Waals surface area contributed by atoms with Gasteiger partial charge in [0.05, 0.1) is 24.8 Å². The Labute approximate surface area is 155 Å². The van der Waals surface area contributed by atoms with Crippen LogP contribution in [0.2, 0.25) is 0 Å². The lowest BCUT2D eigenvalue weighted by Crippen LogP contribution is -2.47. The van der Waals surface area contributed by atoms with Gasteiger partial charge in [0, 0.05) is 19.2 Å². The van der Waals surface area contributed by atoms with Crippen LogP contribution in [0.25, 0.3) is 0 Å². The standard InChI is InChI=1S/C15H25N5O2.2ClH/c1-10(2)14(16)15(22)18-8-13(21)17-7-11-9-20-6-4-3-5-12(20)19-11;;/h9-10,14H,3-8,16H2,1-2H3,(H,17,21)(H,18,22);2*1H/t14-;;/m0../s1. The molecule has 0 spiro atoms. The first-order chi connectivity index (χ1) is 10.5. The first-order valence-corrected chi connectivity index (χ1v) is 7.82. The van der Waals surface area contributed by atoms with Gasteiger partial charge in [0.2, 0.25) is 11.8 Å². The van der Waals surface area contributed by atoms with Crippen LogP contribution in [0.3, 0.4) is 0 Å². The molecule has 0 fully saturated rings. The van der Waals surface area contributed by atoms with Gasteiger partial charge in [-0.05, 0) is 18.8 Å². The number of nitrogens with one attached hydrogen (secondary N) is 2. The molecule has 0 aliphatic carbocycles. The minimum Gasteiger partial charge on any atom is -0.349 e. The molecule has 7 nitrogen and oxygen atoms in total. The number of hydrogen-bond acceptors (Lipinski definition) is 4. The predicted molar refractivity (Wildman–Crippen MR) is 97.3 cm³/mol. The number of halogens is 2. The smallest absolute Gasteiger partial charge is 0.239 e. The SMILES string of the molecule is CC(C)[C@H](N)C(=O)NCC(=O)NCc1cn2c(n1)CCCC2.Cl.Cl. The van der Waals surface area contributed by atoms with Gasteiger partial charge in [-0.3, -0.25) is 9.59 Å². The third kappa shape index (κ3) is 6.30. The van der Waals surface area contributed by atoms with Crippen LogP contribution in [-0.4, -0.2) is 34.0 Å². The first kappa shape index (κ1) is 22.7. The molecule has 1 aliphatic heterocycles. The summed E-state index contributed by atoms with van der Waals surface area (Å²) in [5.74, 6) is 0.588. The van der Waals surface area contributed by atoms with Gasteiger partial charge >= 0.3 is 0 Å². The van der Waals surface area contributed by atoms with E-state index in [-0.39, 0.29) is 49.1 Å². The van der Waals surface area contributed by atoms with Crippen molar-refractivity contribution >= 4 is 36.6 Å². The molecule has 4 N–H and O–H groups in total. The molecule has 0 unspecified atom stereocenters. The van der Waals surface area contributed by atoms with E-state index in [1.54, 1.807) is 0 Å². The molecule has 1 aromatic heterocycles. The zero-order valence-corrected chi connectivity index (χ0v) is 15.7. The van der Waals surface area contributed by atoms with Crippen molar-refractivity contribution in [1.82, 2.24) is 20.2 Å². The van der Waals surface area contributed by atoms with Crippen molar-refractivity contribution in [3.63, 3.8) is 0 Å². The van der Waals surface area contributed by atoms with Gasteiger partial charge in [0.25, 0.3) is 0 Å². The maximum absolute atomic E-state index is 11.8. The molecule has 2 amide bonds. The highest BCUT2D eigenvalue weighted by Crippen LogP contribution is 2.14. The van der Waals surface area contributed by atoms with Crippen LogP contribution < -0.4 is 16.4 Å². The molecule has 0 radical (unpaired) electrons. The summed E-state index contributed by atoms with van der Waals surface area (Å²) in [7, 11) is 0. The first-order valence-electron chi connectivity index (χ1n) is 7.82. The number of carbonyl (C=O) groups excluding carboxylic acids is 2. The maximum Gasteiger partial charge on any atom is 0.239 e. The van der Waals surface area contributed by atoms with E-state index >= 15 is 0 Å². The van der Waals surface area contributed by atoms with E-state index < -0.39 is 6.04 Å². The van der Waals surface area contributed by atoms with Crippen LogP contribution in [-0.2, 0) is 29.1 Å². The van der Waals surface area contributed by atoms with Gasteiger partial charge in [-0.25, -0.2) is 4.98 Å². The number of fused-ring (bicyclic) bond motifs is 1. The third-order valence-corrected chi connectivity index (χ3v) is 3.87. The molecule has 138 valence electrons. The molecular formula is C15H27Cl2N5O2. The Bertz CT molecular complexity index is 524. The lowest BCUT2D eigenvalue weighted by molar-refractivity contribution is -0.127. The zero-order valence-electron chi connectivity index (χ0n) is 14.1. The predicted octanol–water partition coefficient (Wildman–Crippen LogP) is 0.779. The summed E-state index contributed by atoms with van der Waals surface area (Å²) < 4.78 is 2.15. The minimum absolute atomic E-state index is 0. The summed E-state index contributed by atoms with van der Waals surface area (Å²) in [6.07, 6.45) is 5.33. The summed E-state index contributed by atoms with van der Waals surface area (Å²) in [5, 5.41) is 5.31. The molecule has 2 heterocycles. The molecule has 9 heteroatoms. The topological polar surface area (TPSA) is 102 Å². The molecule has 1 aliphatic rings. The quantitative estimate of drug-likeness (QED) is 0.679. The zero-order chi connectivity index (χ0) is 16.1. The third-order valence-electron chi connectivity index (χ3n) is 3.87. The monoisotopic (exact) mass is 379 g/mol. The molecule has 1 aromatic rings. The Morgan fingerprint density at radius 2 is 2.00 bits per heavy atom. The average Bonchev–Trinajstić information content (AvgIpc) is 2.92. The second-order valence-electron chi connectivity index (χ2n) is 6.06. The average molecular weight is 380 g/mol. The second-order valence-corrected chi connectivity index (χ2v) is 6.06. The van der Waals surface area contributed by atoms with Crippen LogP contribution in [0.1, 0.15) is 38.2 Å². The van der Waals surface area contributed by atoms with Crippen molar-refractivity contribution in [3.8, 4) is 0 Å². The van der Waals surface area contributed by atoms with Crippen molar-refractivity contribution in [2.75, 3.05) is 6.54 Å². The fourth-order valence-electron chi connectivity index (χ4n) is 2.40. The van der Waals surface area contributed by atoms with E-state index in [0.29, 0.717) is 6.54 Å². The van der Waals surface area contributed by atoms with Crippen LogP contribution >= 0.6 is 24.8 Å². The highest BCUT2D eigenvalue weighted by atomic mass is 35.5. The number of hydrogen-bond donors (Lipinski definition) is 3. The van der Waals surface area contributed by atoms with Crippen molar-refractivity contribution in [2.24, 2.45) is 11.7 Å². The highest BCUT2D eigenvalue weighted by molar-refractivity contribution is 5.87. The largest absolute Gasteiger partial charge is 0.349 e. The molecule has 24 heavy (non-hydrogen) atoms. The number of amides is 2. The summed E-state index contributed by atoms with van der Waals surface area (Å²) in [6.45, 7) is 5.05. The molecule has 0 saturated carbocycles. The van der Waals surface area contributed by atoms with Crippen LogP contribution in [0.15, 0.2) is 6.20 Å². The van der Waals surface area contributed by atoms with E-state index in [2.05, 4.69) is 20.2 Å². The van der Waals surface area contributed by atoms with E-state index in [1.807, 2.05) is 20.0 Å². The van der Waals surface area contributed by atoms with E-state index in [9.17, 15) is 9.59 Å². The summed E-state index contributed by atoms with van der Waals surface area (Å²) >= 11 is 0. The number of rotatable bonds is 6. The van der Waals surface area contributed by atoms with Gasteiger partial charge in [0.1, 0.15) is 5.82 Å². The van der Waals surface area contributed by atoms with Gasteiger partial charge in [0.15, 0.2) is 0 Å². The van der Waals surface area contributed by atoms with Crippen LogP contribution in [0.5, 0.6) is 0 Å². The number of carbonyl (C=O) groups is 2. The van der Waals surface area contributed by atoms with Gasteiger partial charge in [-0.15, -0.1) is 24.8 Å². The molecule has 0 aromatic carbocycles. The number of nitrogens with zero attached hydrogens (tertiary/aromatic N) is 2. The Hall–Kier alpha value is -1.31. The van der Waals surface area contributed by atoms with Gasteiger partial charge < -0.3 is 20.9 Å². The van der Waals surface area contributed by atoms with Gasteiger partial charge in [-0.1, -0.05) is 13.8 Å². The normalized spacial score (nSPS) is 14.0. The van der Waals surface area contributed by atoms with Crippen molar-refractivity contribution in [1.29, 1.82) is 0 Å². The van der Waals surface area contributed by atoms with Crippen molar-refractivity contribution in [3.05, 3.63) is 17.7 Å². The Balaban J connectivity index is 0.00000264. The molecule has 2 rings (SSSR count). The lowest BCUT2D eigenvalue weighted by Gasteiger charge is -2.14. The van der Waals surface area contributed by atoms with Crippen LogP contribution in [0.4, 0.5) is 0 Å². The molecule has 0 bridgehead atoms. The number of aromatic nitrogens is 2. The molecule has 0 saturated heterocycles. The Morgan fingerprint density at radius 3 is 2.62 bits per heavy atom. The summed E-state index contributed by atoms with van der Waals surface area (Å²) in [5.41, 5.74) is 6.57. The molecule has 1 atom stereocenters. The van der Waals surface area contributed by atoms with Crippen LogP contribution in [0, 0.1) is 5.92 Å². The number of aryl methyl sites for hydroxylation is 2. The number of nitrogens with two attached hydrogens (primary N) is 1. The summed E-state index contributed by atoms with van der Waals surface area (Å²) in [6, 6.07) is -0.590. The van der Waals surface area contributed by atoms with Crippen molar-refractivity contribution in [2.45, 2.75) is 52.2 Å². The fraction of sp³-hybridized carbons (Fsp3) is 0.667. The fourth-order valence-corrected chi connectivity index (χ4v) is 2.40. The Kier molecular flexibility index (Phi) is 9.96. The summed E-state index contributed by atoms with van der Waals surface area (Å²) in [4.78, 5) is 27.9. The minimum atomic E-state index is -0.590. The van der Waals surface area contributed by atoms with Gasteiger partial charge in [-0.2, -0.15) is 0 Å². The van der Waals surface area contributed by atoms with E-state index in [1.165, 1.54) is 12.8 Å². The Morgan fingerprint density at radius 1 is 1.29 bits per heavy atom.